The molecule has 0 unspecified atom stereocenters. The fraction of sp³-hybridized carbons (Fsp3) is 0.250. The van der Waals surface area contributed by atoms with E-state index < -0.39 is 0 Å². The predicted molar refractivity (Wildman–Crippen MR) is 78.5 cm³/mol. The summed E-state index contributed by atoms with van der Waals surface area (Å²) in [5.41, 5.74) is 0.935. The molecule has 2 aromatic carbocycles. The molecule has 1 heterocycles. The zero-order valence-corrected chi connectivity index (χ0v) is 11.9. The molecule has 104 valence electrons. The van der Waals surface area contributed by atoms with Crippen LogP contribution in [0.15, 0.2) is 52.3 Å². The maximum absolute atomic E-state index is 9.37. The lowest BCUT2D eigenvalue weighted by Crippen LogP contribution is -1.97. The van der Waals surface area contributed by atoms with Gasteiger partial charge in [0.15, 0.2) is 11.5 Å². The van der Waals surface area contributed by atoms with Gasteiger partial charge in [0, 0.05) is 16.2 Å². The van der Waals surface area contributed by atoms with Crippen LogP contribution in [0.3, 0.4) is 0 Å². The monoisotopic (exact) mass is 288 g/mol. The van der Waals surface area contributed by atoms with Crippen molar-refractivity contribution in [3.63, 3.8) is 0 Å². The van der Waals surface area contributed by atoms with E-state index in [1.807, 2.05) is 42.5 Å². The number of hydrogen-bond acceptors (Lipinski definition) is 4. The summed E-state index contributed by atoms with van der Waals surface area (Å²) in [6, 6.07) is 13.8. The number of benzene rings is 2. The van der Waals surface area contributed by atoms with Gasteiger partial charge in [0.05, 0.1) is 19.8 Å². The molecule has 0 fully saturated rings. The van der Waals surface area contributed by atoms with Crippen molar-refractivity contribution in [1.82, 2.24) is 0 Å². The average molecular weight is 288 g/mol. The molecule has 0 saturated carbocycles. The normalized spacial score (nSPS) is 13.8. The van der Waals surface area contributed by atoms with Crippen LogP contribution in [0.5, 0.6) is 11.5 Å². The third kappa shape index (κ3) is 2.92. The molecule has 4 heteroatoms. The van der Waals surface area contributed by atoms with E-state index in [4.69, 9.17) is 9.47 Å². The zero-order valence-electron chi connectivity index (χ0n) is 11.0. The van der Waals surface area contributed by atoms with Crippen molar-refractivity contribution in [2.24, 2.45) is 0 Å². The molecule has 0 amide bonds. The van der Waals surface area contributed by atoms with Crippen LogP contribution < -0.4 is 9.47 Å². The van der Waals surface area contributed by atoms with Gasteiger partial charge in [-0.3, -0.25) is 0 Å². The van der Waals surface area contributed by atoms with Gasteiger partial charge in [-0.1, -0.05) is 30.0 Å². The highest BCUT2D eigenvalue weighted by Gasteiger charge is 2.11. The molecule has 0 spiro atoms. The van der Waals surface area contributed by atoms with Gasteiger partial charge in [-0.15, -0.1) is 0 Å². The Kier molecular flexibility index (Phi) is 4.14. The Morgan fingerprint density at radius 1 is 1.00 bits per heavy atom. The minimum Gasteiger partial charge on any atom is -0.490 e. The third-order valence-corrected chi connectivity index (χ3v) is 4.20. The number of fused-ring (bicyclic) bond motifs is 1. The van der Waals surface area contributed by atoms with Crippen molar-refractivity contribution < 1.29 is 14.6 Å². The van der Waals surface area contributed by atoms with E-state index >= 15 is 0 Å². The molecule has 1 aliphatic heterocycles. The molecule has 20 heavy (non-hydrogen) atoms. The summed E-state index contributed by atoms with van der Waals surface area (Å²) in [7, 11) is 0. The summed E-state index contributed by atoms with van der Waals surface area (Å²) in [6.45, 7) is 1.44. The Hall–Kier alpha value is -1.65. The van der Waals surface area contributed by atoms with Crippen LogP contribution in [0.1, 0.15) is 12.0 Å². The molecule has 0 aromatic heterocycles. The smallest absolute Gasteiger partial charge is 0.162 e. The third-order valence-electron chi connectivity index (χ3n) is 3.09. The van der Waals surface area contributed by atoms with Gasteiger partial charge in [0.1, 0.15) is 0 Å². The molecule has 0 saturated heterocycles. The summed E-state index contributed by atoms with van der Waals surface area (Å²) < 4.78 is 11.3. The highest BCUT2D eigenvalue weighted by atomic mass is 32.2. The Bertz CT molecular complexity index is 598. The lowest BCUT2D eigenvalue weighted by molar-refractivity contribution is 0.279. The van der Waals surface area contributed by atoms with Gasteiger partial charge < -0.3 is 14.6 Å². The zero-order chi connectivity index (χ0) is 13.8. The van der Waals surface area contributed by atoms with E-state index in [9.17, 15) is 5.11 Å². The second-order valence-corrected chi connectivity index (χ2v) is 5.64. The summed E-state index contributed by atoms with van der Waals surface area (Å²) in [6.07, 6.45) is 0.907. The molecule has 3 rings (SSSR count). The molecule has 1 aliphatic rings. The van der Waals surface area contributed by atoms with Crippen molar-refractivity contribution in [2.45, 2.75) is 22.8 Å². The second-order valence-electron chi connectivity index (χ2n) is 4.53. The second kappa shape index (κ2) is 6.20. The molecule has 0 bridgehead atoms. The summed E-state index contributed by atoms with van der Waals surface area (Å²) in [5, 5.41) is 9.37. The Balaban J connectivity index is 1.86. The van der Waals surface area contributed by atoms with Gasteiger partial charge in [-0.2, -0.15) is 0 Å². The van der Waals surface area contributed by atoms with E-state index in [2.05, 4.69) is 0 Å². The van der Waals surface area contributed by atoms with Crippen molar-refractivity contribution in [3.8, 4) is 11.5 Å². The number of aliphatic hydroxyl groups is 1. The molecule has 0 atom stereocenters. The Morgan fingerprint density at radius 3 is 2.65 bits per heavy atom. The van der Waals surface area contributed by atoms with Crippen LogP contribution in [0.4, 0.5) is 0 Å². The highest BCUT2D eigenvalue weighted by Crippen LogP contribution is 2.37. The summed E-state index contributed by atoms with van der Waals surface area (Å²) in [5.74, 6) is 1.61. The summed E-state index contributed by atoms with van der Waals surface area (Å²) in [4.78, 5) is 2.14. The van der Waals surface area contributed by atoms with Gasteiger partial charge >= 0.3 is 0 Å². The van der Waals surface area contributed by atoms with Crippen molar-refractivity contribution in [3.05, 3.63) is 48.0 Å². The average Bonchev–Trinajstić information content (AvgIpc) is 2.72. The summed E-state index contributed by atoms with van der Waals surface area (Å²) >= 11 is 1.62. The SMILES string of the molecule is OCc1ccccc1Sc1ccc2c(c1)OCCCO2. The van der Waals surface area contributed by atoms with E-state index in [-0.39, 0.29) is 6.61 Å². The number of aliphatic hydroxyl groups excluding tert-OH is 1. The number of rotatable bonds is 3. The van der Waals surface area contributed by atoms with Gasteiger partial charge in [-0.05, 0) is 29.8 Å². The van der Waals surface area contributed by atoms with E-state index in [1.165, 1.54) is 0 Å². The van der Waals surface area contributed by atoms with Crippen LogP contribution in [-0.4, -0.2) is 18.3 Å². The highest BCUT2D eigenvalue weighted by molar-refractivity contribution is 7.99. The van der Waals surface area contributed by atoms with Crippen LogP contribution >= 0.6 is 11.8 Å². The molecule has 0 radical (unpaired) electrons. The lowest BCUT2D eigenvalue weighted by Gasteiger charge is -2.10. The van der Waals surface area contributed by atoms with Gasteiger partial charge in [-0.25, -0.2) is 0 Å². The largest absolute Gasteiger partial charge is 0.490 e. The van der Waals surface area contributed by atoms with Crippen LogP contribution in [0.25, 0.3) is 0 Å². The Labute approximate surface area is 122 Å². The first-order valence-electron chi connectivity index (χ1n) is 6.63. The number of hydrogen-bond donors (Lipinski definition) is 1. The molecule has 3 nitrogen and oxygen atoms in total. The molecular formula is C16H16O3S. The number of ether oxygens (including phenoxy) is 2. The maximum atomic E-state index is 9.37. The fourth-order valence-electron chi connectivity index (χ4n) is 2.07. The minimum absolute atomic E-state index is 0.0493. The van der Waals surface area contributed by atoms with Crippen LogP contribution in [0, 0.1) is 0 Å². The lowest BCUT2D eigenvalue weighted by atomic mass is 10.2. The molecule has 1 N–H and O–H groups in total. The fourth-order valence-corrected chi connectivity index (χ4v) is 3.03. The predicted octanol–water partition coefficient (Wildman–Crippen LogP) is 3.49. The van der Waals surface area contributed by atoms with Crippen molar-refractivity contribution in [1.29, 1.82) is 0 Å². The van der Waals surface area contributed by atoms with Crippen LogP contribution in [-0.2, 0) is 6.61 Å². The van der Waals surface area contributed by atoms with E-state index in [0.29, 0.717) is 13.2 Å². The Morgan fingerprint density at radius 2 is 1.80 bits per heavy atom. The first-order valence-corrected chi connectivity index (χ1v) is 7.45. The van der Waals surface area contributed by atoms with Gasteiger partial charge in [0.2, 0.25) is 0 Å². The standard InChI is InChI=1S/C16H16O3S/c17-11-12-4-1-2-5-16(12)20-13-6-7-14-15(10-13)19-9-3-8-18-14/h1-2,4-7,10,17H,3,8-9,11H2. The van der Waals surface area contributed by atoms with Crippen molar-refractivity contribution in [2.75, 3.05) is 13.2 Å². The quantitative estimate of drug-likeness (QED) is 0.938. The van der Waals surface area contributed by atoms with E-state index in [0.717, 1.165) is 33.3 Å². The first-order chi connectivity index (χ1) is 9.86. The van der Waals surface area contributed by atoms with Crippen LogP contribution in [0.2, 0.25) is 0 Å². The minimum atomic E-state index is 0.0493. The van der Waals surface area contributed by atoms with Crippen molar-refractivity contribution >= 4 is 11.8 Å². The maximum Gasteiger partial charge on any atom is 0.162 e. The molecular weight excluding hydrogens is 272 g/mol. The topological polar surface area (TPSA) is 38.7 Å². The van der Waals surface area contributed by atoms with Gasteiger partial charge in [0.25, 0.3) is 0 Å². The molecule has 2 aromatic rings. The van der Waals surface area contributed by atoms with E-state index in [1.54, 1.807) is 11.8 Å². The first kappa shape index (κ1) is 13.3. The molecule has 0 aliphatic carbocycles.